The molecule has 0 aliphatic heterocycles. The van der Waals surface area contributed by atoms with Gasteiger partial charge in [-0.1, -0.05) is 50.1 Å². The van der Waals surface area contributed by atoms with E-state index in [0.717, 1.165) is 14.5 Å². The first-order valence-electron chi connectivity index (χ1n) is 6.58. The summed E-state index contributed by atoms with van der Waals surface area (Å²) in [4.78, 5) is 11.2. The maximum atomic E-state index is 11.2. The number of amides is 1. The minimum absolute atomic E-state index is 0.131. The quantitative estimate of drug-likeness (QED) is 0.565. The summed E-state index contributed by atoms with van der Waals surface area (Å²) in [7, 11) is 0. The van der Waals surface area contributed by atoms with Crippen molar-refractivity contribution in [1.29, 1.82) is 5.26 Å². The highest BCUT2D eigenvalue weighted by Gasteiger charge is 2.09. The van der Waals surface area contributed by atoms with Crippen LogP contribution in [0.1, 0.15) is 11.1 Å². The van der Waals surface area contributed by atoms with Crippen LogP contribution >= 0.6 is 31.9 Å². The summed E-state index contributed by atoms with van der Waals surface area (Å²) < 4.78 is 7.58. The fourth-order valence-electron chi connectivity index (χ4n) is 1.85. The lowest BCUT2D eigenvalue weighted by Crippen LogP contribution is -2.12. The van der Waals surface area contributed by atoms with Crippen LogP contribution in [-0.4, -0.2) is 5.91 Å². The van der Waals surface area contributed by atoms with Crippen LogP contribution < -0.4 is 10.5 Å². The van der Waals surface area contributed by atoms with Crippen LogP contribution in [0.25, 0.3) is 6.08 Å². The average molecular weight is 436 g/mol. The molecule has 2 aromatic rings. The minimum atomic E-state index is -0.774. The van der Waals surface area contributed by atoms with Gasteiger partial charge in [-0.3, -0.25) is 4.79 Å². The van der Waals surface area contributed by atoms with Gasteiger partial charge in [-0.05, 0) is 30.3 Å². The number of nitrogens with zero attached hydrogens (tertiary/aromatic N) is 1. The van der Waals surface area contributed by atoms with Crippen molar-refractivity contribution in [3.05, 3.63) is 68.1 Å². The number of benzene rings is 2. The second kappa shape index (κ2) is 7.95. The number of rotatable bonds is 5. The van der Waals surface area contributed by atoms with Gasteiger partial charge >= 0.3 is 0 Å². The van der Waals surface area contributed by atoms with Gasteiger partial charge in [0.05, 0.1) is 0 Å². The van der Waals surface area contributed by atoms with Gasteiger partial charge in [0.25, 0.3) is 5.91 Å². The van der Waals surface area contributed by atoms with Crippen molar-refractivity contribution >= 4 is 43.8 Å². The minimum Gasteiger partial charge on any atom is -0.488 e. The second-order valence-corrected chi connectivity index (χ2v) is 6.37. The molecule has 0 saturated carbocycles. The third kappa shape index (κ3) is 4.68. The van der Waals surface area contributed by atoms with Crippen LogP contribution in [0.5, 0.6) is 5.75 Å². The number of nitriles is 1. The first-order chi connectivity index (χ1) is 11.0. The third-order valence-corrected chi connectivity index (χ3v) is 4.27. The summed E-state index contributed by atoms with van der Waals surface area (Å²) in [6.45, 7) is 0.350. The molecule has 0 unspecified atom stereocenters. The van der Waals surface area contributed by atoms with Crippen molar-refractivity contribution in [2.75, 3.05) is 0 Å². The normalized spacial score (nSPS) is 10.9. The van der Waals surface area contributed by atoms with Gasteiger partial charge in [-0.25, -0.2) is 0 Å². The highest BCUT2D eigenvalue weighted by atomic mass is 79.9. The lowest BCUT2D eigenvalue weighted by Gasteiger charge is -2.11. The van der Waals surface area contributed by atoms with Crippen molar-refractivity contribution in [2.24, 2.45) is 5.73 Å². The van der Waals surface area contributed by atoms with Crippen LogP contribution in [-0.2, 0) is 11.4 Å². The number of carbonyl (C=O) groups is 1. The van der Waals surface area contributed by atoms with Crippen molar-refractivity contribution in [2.45, 2.75) is 6.61 Å². The molecule has 116 valence electrons. The first kappa shape index (κ1) is 17.3. The molecule has 1 amide bonds. The molecule has 2 N–H and O–H groups in total. The molecule has 0 radical (unpaired) electrons. The Kier molecular flexibility index (Phi) is 5.97. The van der Waals surface area contributed by atoms with Crippen LogP contribution in [0.4, 0.5) is 0 Å². The van der Waals surface area contributed by atoms with Crippen molar-refractivity contribution in [3.8, 4) is 11.8 Å². The van der Waals surface area contributed by atoms with Gasteiger partial charge in [-0.2, -0.15) is 5.26 Å². The highest BCUT2D eigenvalue weighted by Crippen LogP contribution is 2.27. The van der Waals surface area contributed by atoms with Gasteiger partial charge in [0, 0.05) is 20.1 Å². The van der Waals surface area contributed by atoms with E-state index in [9.17, 15) is 4.79 Å². The Morgan fingerprint density at radius 3 is 2.65 bits per heavy atom. The molecule has 23 heavy (non-hydrogen) atoms. The van der Waals surface area contributed by atoms with Crippen LogP contribution in [0, 0.1) is 11.3 Å². The van der Waals surface area contributed by atoms with E-state index >= 15 is 0 Å². The zero-order chi connectivity index (χ0) is 16.8. The van der Waals surface area contributed by atoms with Gasteiger partial charge in [-0.15, -0.1) is 0 Å². The number of nitrogens with two attached hydrogens (primary N) is 1. The Morgan fingerprint density at radius 2 is 2.00 bits per heavy atom. The topological polar surface area (TPSA) is 76.1 Å². The van der Waals surface area contributed by atoms with Crippen LogP contribution in [0.2, 0.25) is 0 Å². The molecular formula is C17H12Br2N2O2. The number of primary amides is 1. The predicted molar refractivity (Wildman–Crippen MR) is 95.4 cm³/mol. The number of ether oxygens (including phenoxy) is 1. The zero-order valence-electron chi connectivity index (χ0n) is 11.9. The number of hydrogen-bond donors (Lipinski definition) is 1. The summed E-state index contributed by atoms with van der Waals surface area (Å²) in [6.07, 6.45) is 1.42. The molecule has 0 aromatic heterocycles. The maximum absolute atomic E-state index is 11.2. The summed E-state index contributed by atoms with van der Waals surface area (Å²) in [6, 6.07) is 14.9. The molecule has 0 fully saturated rings. The van der Waals surface area contributed by atoms with Gasteiger partial charge in [0.1, 0.15) is 24.0 Å². The van der Waals surface area contributed by atoms with Crippen LogP contribution in [0.15, 0.2) is 57.0 Å². The molecule has 0 heterocycles. The lowest BCUT2D eigenvalue weighted by molar-refractivity contribution is -0.114. The zero-order valence-corrected chi connectivity index (χ0v) is 15.1. The molecule has 0 aliphatic rings. The molecule has 0 spiro atoms. The summed E-state index contributed by atoms with van der Waals surface area (Å²) in [5.74, 6) is -0.220. The average Bonchev–Trinajstić information content (AvgIpc) is 2.52. The van der Waals surface area contributed by atoms with Crippen LogP contribution in [0.3, 0.4) is 0 Å². The van der Waals surface area contributed by atoms with E-state index in [4.69, 9.17) is 15.7 Å². The molecule has 0 saturated heterocycles. The molecule has 6 heteroatoms. The Bertz CT molecular complexity index is 810. The molecule has 2 aromatic carbocycles. The van der Waals surface area contributed by atoms with Crippen molar-refractivity contribution in [1.82, 2.24) is 0 Å². The maximum Gasteiger partial charge on any atom is 0.259 e. The van der Waals surface area contributed by atoms with E-state index in [2.05, 4.69) is 31.9 Å². The van der Waals surface area contributed by atoms with E-state index < -0.39 is 5.91 Å². The molecule has 0 atom stereocenters. The van der Waals surface area contributed by atoms with Crippen molar-refractivity contribution in [3.63, 3.8) is 0 Å². The number of hydrogen-bond acceptors (Lipinski definition) is 3. The molecular weight excluding hydrogens is 424 g/mol. The fourth-order valence-corrected chi connectivity index (χ4v) is 2.63. The largest absolute Gasteiger partial charge is 0.488 e. The summed E-state index contributed by atoms with van der Waals surface area (Å²) in [5.41, 5.74) is 6.63. The van der Waals surface area contributed by atoms with Gasteiger partial charge < -0.3 is 10.5 Å². The lowest BCUT2D eigenvalue weighted by atomic mass is 10.1. The standard InChI is InChI=1S/C17H12Br2N2O2/c18-14-5-6-16(12(8-14)7-13(9-20)17(21)22)23-10-11-3-1-2-4-15(11)19/h1-8H,10H2,(H2,21,22)/b13-7+. The molecule has 0 aliphatic carbocycles. The van der Waals surface area contributed by atoms with Gasteiger partial charge in [0.15, 0.2) is 0 Å². The van der Waals surface area contributed by atoms with E-state index in [-0.39, 0.29) is 5.57 Å². The summed E-state index contributed by atoms with van der Waals surface area (Å²) in [5, 5.41) is 8.98. The Balaban J connectivity index is 2.31. The summed E-state index contributed by atoms with van der Waals surface area (Å²) >= 11 is 6.83. The molecule has 2 rings (SSSR count). The fraction of sp³-hybridized carbons (Fsp3) is 0.0588. The van der Waals surface area contributed by atoms with E-state index in [0.29, 0.717) is 17.9 Å². The predicted octanol–water partition coefficient (Wildman–Crippen LogP) is 4.18. The van der Waals surface area contributed by atoms with E-state index in [1.54, 1.807) is 18.2 Å². The third-order valence-electron chi connectivity index (χ3n) is 3.00. The Morgan fingerprint density at radius 1 is 1.26 bits per heavy atom. The Labute approximate surface area is 150 Å². The van der Waals surface area contributed by atoms with E-state index in [1.165, 1.54) is 6.08 Å². The molecule has 4 nitrogen and oxygen atoms in total. The van der Waals surface area contributed by atoms with Crippen molar-refractivity contribution < 1.29 is 9.53 Å². The number of carbonyl (C=O) groups excluding carboxylic acids is 1. The van der Waals surface area contributed by atoms with Gasteiger partial charge in [0.2, 0.25) is 0 Å². The van der Waals surface area contributed by atoms with E-state index in [1.807, 2.05) is 30.3 Å². The molecule has 0 bridgehead atoms. The first-order valence-corrected chi connectivity index (χ1v) is 8.17. The monoisotopic (exact) mass is 434 g/mol. The number of halogens is 2. The Hall–Kier alpha value is -2.10. The highest BCUT2D eigenvalue weighted by molar-refractivity contribution is 9.10. The smallest absolute Gasteiger partial charge is 0.259 e. The SMILES string of the molecule is N#C/C(=C\c1cc(Br)ccc1OCc1ccccc1Br)C(N)=O. The second-order valence-electron chi connectivity index (χ2n) is 4.60.